The Morgan fingerprint density at radius 3 is 2.38 bits per heavy atom. The number of amides is 1. The van der Waals surface area contributed by atoms with Crippen molar-refractivity contribution < 1.29 is 4.79 Å². The number of aromatic nitrogens is 4. The molecule has 1 fully saturated rings. The number of fused-ring (bicyclic) bond motifs is 3. The largest absolute Gasteiger partial charge is 0.340 e. The maximum absolute atomic E-state index is 13.4. The number of hydrogen-bond donors (Lipinski definition) is 0. The second-order valence-corrected chi connectivity index (χ2v) is 9.42. The van der Waals surface area contributed by atoms with Gasteiger partial charge in [0.05, 0.1) is 24.1 Å². The van der Waals surface area contributed by atoms with E-state index in [1.807, 2.05) is 77.7 Å². The molecule has 1 aliphatic heterocycles. The Bertz CT molecular complexity index is 1460. The molecule has 4 aromatic rings. The van der Waals surface area contributed by atoms with Gasteiger partial charge < -0.3 is 4.90 Å². The second kappa shape index (κ2) is 9.15. The van der Waals surface area contributed by atoms with Gasteiger partial charge >= 0.3 is 0 Å². The minimum absolute atomic E-state index is 0.00763. The molecule has 0 atom stereocenters. The molecule has 2 aromatic heterocycles. The topological polar surface area (TPSA) is 67.8 Å². The Balaban J connectivity index is 1.52. The summed E-state index contributed by atoms with van der Waals surface area (Å²) in [5.41, 5.74) is 1.70. The summed E-state index contributed by atoms with van der Waals surface area (Å²) in [7, 11) is 0. The first-order valence-corrected chi connectivity index (χ1v) is 12.0. The van der Waals surface area contributed by atoms with Gasteiger partial charge in [0.1, 0.15) is 0 Å². The molecule has 1 aliphatic rings. The van der Waals surface area contributed by atoms with Crippen LogP contribution < -0.4 is 5.56 Å². The Labute approximate surface area is 202 Å². The van der Waals surface area contributed by atoms with E-state index in [0.29, 0.717) is 42.2 Å². The predicted molar refractivity (Wildman–Crippen MR) is 134 cm³/mol. The number of para-hydroxylation sites is 1. The van der Waals surface area contributed by atoms with Crippen LogP contribution >= 0.6 is 12.2 Å². The van der Waals surface area contributed by atoms with Crippen molar-refractivity contribution in [3.05, 3.63) is 75.3 Å². The number of carbonyl (C=O) groups is 1. The average Bonchev–Trinajstić information content (AvgIpc) is 3.18. The fourth-order valence-electron chi connectivity index (χ4n) is 4.53. The fraction of sp³-hybridized carbons (Fsp3) is 0.360. The smallest absolute Gasteiger partial charge is 0.263 e. The molecule has 0 aliphatic carbocycles. The van der Waals surface area contributed by atoms with E-state index in [9.17, 15) is 9.59 Å². The number of carbonyl (C=O) groups excluding carboxylic acids is 1. The highest BCUT2D eigenvalue weighted by molar-refractivity contribution is 7.71. The van der Waals surface area contributed by atoms with Gasteiger partial charge in [0.15, 0.2) is 0 Å². The number of rotatable bonds is 5. The number of benzene rings is 2. The molecule has 34 heavy (non-hydrogen) atoms. The molecule has 0 N–H and O–H groups in total. The molecule has 1 saturated heterocycles. The Morgan fingerprint density at radius 2 is 1.68 bits per heavy atom. The molecule has 9 heteroatoms. The maximum atomic E-state index is 13.4. The number of nitrogens with zero attached hydrogens (tertiary/aromatic N) is 6. The normalized spacial score (nSPS) is 15.0. The van der Waals surface area contributed by atoms with Crippen molar-refractivity contribution in [1.29, 1.82) is 0 Å². The average molecular weight is 477 g/mol. The monoisotopic (exact) mass is 476 g/mol. The van der Waals surface area contributed by atoms with Crippen LogP contribution in [-0.4, -0.2) is 60.6 Å². The molecule has 1 amide bonds. The molecule has 0 saturated carbocycles. The van der Waals surface area contributed by atoms with Crippen LogP contribution in [-0.2, 0) is 18.0 Å². The number of hydrogen-bond acceptors (Lipinski definition) is 5. The van der Waals surface area contributed by atoms with E-state index in [2.05, 4.69) is 4.90 Å². The van der Waals surface area contributed by atoms with Crippen LogP contribution in [0.1, 0.15) is 19.4 Å². The second-order valence-electron chi connectivity index (χ2n) is 9.05. The van der Waals surface area contributed by atoms with E-state index in [1.165, 1.54) is 0 Å². The predicted octanol–water partition coefficient (Wildman–Crippen LogP) is 2.99. The lowest BCUT2D eigenvalue weighted by atomic mass is 10.1. The molecule has 3 heterocycles. The van der Waals surface area contributed by atoms with Crippen molar-refractivity contribution in [2.75, 3.05) is 26.2 Å². The summed E-state index contributed by atoms with van der Waals surface area (Å²) in [6.07, 6.45) is 0. The summed E-state index contributed by atoms with van der Waals surface area (Å²) in [6.45, 7) is 7.69. The highest BCUT2D eigenvalue weighted by Gasteiger charge is 2.24. The fourth-order valence-corrected chi connectivity index (χ4v) is 4.81. The van der Waals surface area contributed by atoms with Gasteiger partial charge in [0.25, 0.3) is 5.56 Å². The molecular formula is C25H28N6O2S. The third kappa shape index (κ3) is 4.05. The lowest BCUT2D eigenvalue weighted by molar-refractivity contribution is -0.136. The minimum Gasteiger partial charge on any atom is -0.340 e. The number of piperazine rings is 1. The molecule has 176 valence electrons. The molecule has 0 spiro atoms. The molecule has 2 aromatic carbocycles. The molecule has 0 unspecified atom stereocenters. The zero-order chi connectivity index (χ0) is 23.8. The molecule has 0 radical (unpaired) electrons. The van der Waals surface area contributed by atoms with Gasteiger partial charge in [-0.25, -0.2) is 4.68 Å². The summed E-state index contributed by atoms with van der Waals surface area (Å²) in [5.74, 6) is 0.736. The summed E-state index contributed by atoms with van der Waals surface area (Å²) in [4.78, 5) is 29.9. The maximum Gasteiger partial charge on any atom is 0.263 e. The highest BCUT2D eigenvalue weighted by atomic mass is 32.1. The molecule has 8 nitrogen and oxygen atoms in total. The standard InChI is InChI=1S/C25H28N6O2S/c1-18(2)22(32)28-14-12-27(13-15-28)17-30-25(34)31-21-11-7-6-10-20(21)23(33)29(24(31)26-30)16-19-8-4-3-5-9-19/h3-11,18H,12-17H2,1-2H3. The van der Waals surface area contributed by atoms with Crippen molar-refractivity contribution >= 4 is 34.8 Å². The molecular weight excluding hydrogens is 448 g/mol. The van der Waals surface area contributed by atoms with E-state index in [1.54, 1.807) is 9.25 Å². The first kappa shape index (κ1) is 22.5. The quantitative estimate of drug-likeness (QED) is 0.414. The summed E-state index contributed by atoms with van der Waals surface area (Å²) < 4.78 is 5.93. The van der Waals surface area contributed by atoms with Crippen molar-refractivity contribution in [3.63, 3.8) is 0 Å². The van der Waals surface area contributed by atoms with Gasteiger partial charge in [-0.1, -0.05) is 56.3 Å². The van der Waals surface area contributed by atoms with Gasteiger partial charge in [0.2, 0.25) is 16.5 Å². The first-order valence-electron chi connectivity index (χ1n) is 11.6. The van der Waals surface area contributed by atoms with Gasteiger partial charge in [-0.05, 0) is 29.9 Å². The van der Waals surface area contributed by atoms with E-state index in [0.717, 1.165) is 24.2 Å². The van der Waals surface area contributed by atoms with E-state index in [4.69, 9.17) is 17.3 Å². The summed E-state index contributed by atoms with van der Waals surface area (Å²) in [5, 5.41) is 5.43. The molecule has 0 bridgehead atoms. The van der Waals surface area contributed by atoms with Crippen LogP contribution in [0.25, 0.3) is 16.7 Å². The van der Waals surface area contributed by atoms with Crippen molar-refractivity contribution in [1.82, 2.24) is 28.5 Å². The highest BCUT2D eigenvalue weighted by Crippen LogP contribution is 2.16. The summed E-state index contributed by atoms with van der Waals surface area (Å²) in [6, 6.07) is 17.4. The van der Waals surface area contributed by atoms with E-state index >= 15 is 0 Å². The first-order chi connectivity index (χ1) is 16.4. The lowest BCUT2D eigenvalue weighted by Gasteiger charge is -2.35. The van der Waals surface area contributed by atoms with Crippen molar-refractivity contribution in [2.45, 2.75) is 27.1 Å². The Kier molecular flexibility index (Phi) is 6.05. The van der Waals surface area contributed by atoms with Gasteiger partial charge in [-0.3, -0.25) is 23.5 Å². The molecule has 5 rings (SSSR count). The van der Waals surface area contributed by atoms with Gasteiger partial charge in [-0.15, -0.1) is 5.10 Å². The van der Waals surface area contributed by atoms with Crippen molar-refractivity contribution in [3.8, 4) is 0 Å². The SMILES string of the molecule is CC(C)C(=O)N1CCN(Cn2nc3n(Cc4ccccc4)c(=O)c4ccccc4n3c2=S)CC1. The van der Waals surface area contributed by atoms with Crippen molar-refractivity contribution in [2.24, 2.45) is 5.92 Å². The Hall–Kier alpha value is -3.30. The van der Waals surface area contributed by atoms with Gasteiger partial charge in [-0.2, -0.15) is 0 Å². The van der Waals surface area contributed by atoms with Crippen LogP contribution in [0.2, 0.25) is 0 Å². The third-order valence-electron chi connectivity index (χ3n) is 6.38. The Morgan fingerprint density at radius 1 is 1.00 bits per heavy atom. The zero-order valence-corrected chi connectivity index (χ0v) is 20.2. The van der Waals surface area contributed by atoms with E-state index in [-0.39, 0.29) is 17.4 Å². The lowest BCUT2D eigenvalue weighted by Crippen LogP contribution is -2.50. The zero-order valence-electron chi connectivity index (χ0n) is 19.4. The van der Waals surface area contributed by atoms with Crippen LogP contribution in [0.5, 0.6) is 0 Å². The minimum atomic E-state index is -0.0834. The summed E-state index contributed by atoms with van der Waals surface area (Å²) >= 11 is 5.85. The van der Waals surface area contributed by atoms with Crippen LogP contribution in [0.15, 0.2) is 59.4 Å². The van der Waals surface area contributed by atoms with Gasteiger partial charge in [0, 0.05) is 32.1 Å². The van der Waals surface area contributed by atoms with Crippen LogP contribution in [0.4, 0.5) is 0 Å². The third-order valence-corrected chi connectivity index (χ3v) is 6.77. The van der Waals surface area contributed by atoms with Crippen LogP contribution in [0.3, 0.4) is 0 Å². The van der Waals surface area contributed by atoms with E-state index < -0.39 is 0 Å². The van der Waals surface area contributed by atoms with Crippen LogP contribution in [0, 0.1) is 10.7 Å².